The topological polar surface area (TPSA) is 47.2 Å². The Morgan fingerprint density at radius 1 is 1.10 bits per heavy atom. The normalized spacial score (nSPS) is 14.3. The molecule has 0 saturated heterocycles. The van der Waals surface area contributed by atoms with E-state index in [9.17, 15) is 9.90 Å². The molecule has 1 N–H and O–H groups in total. The molecule has 1 aliphatic rings. The largest absolute Gasteiger partial charge is 0.493 e. The molecule has 0 radical (unpaired) electrons. The summed E-state index contributed by atoms with van der Waals surface area (Å²) in [6.07, 6.45) is 1.94. The van der Waals surface area contributed by atoms with Crippen LogP contribution >= 0.6 is 11.6 Å². The fourth-order valence-electron chi connectivity index (χ4n) is 3.00. The summed E-state index contributed by atoms with van der Waals surface area (Å²) in [5.74, 6) is 0.0311. The quantitative estimate of drug-likeness (QED) is 0.878. The SMILES string of the molecule is Cc1cc(C)c(-c2c(O)n3n(c2=O)CCCC3)c(Cl)c1. The number of rotatable bonds is 1. The maximum Gasteiger partial charge on any atom is 0.278 e. The van der Waals surface area contributed by atoms with Crippen molar-refractivity contribution in [1.82, 2.24) is 9.36 Å². The third kappa shape index (κ3) is 1.86. The minimum atomic E-state index is -0.156. The Morgan fingerprint density at radius 2 is 1.75 bits per heavy atom. The van der Waals surface area contributed by atoms with Gasteiger partial charge in [-0.2, -0.15) is 0 Å². The lowest BCUT2D eigenvalue weighted by Crippen LogP contribution is -2.27. The van der Waals surface area contributed by atoms with E-state index >= 15 is 0 Å². The van der Waals surface area contributed by atoms with Gasteiger partial charge in [-0.05, 0) is 43.9 Å². The predicted molar refractivity (Wildman–Crippen MR) is 79.5 cm³/mol. The van der Waals surface area contributed by atoms with Crippen LogP contribution in [-0.4, -0.2) is 14.5 Å². The maximum absolute atomic E-state index is 12.5. The van der Waals surface area contributed by atoms with Crippen LogP contribution in [-0.2, 0) is 13.1 Å². The molecule has 1 aliphatic heterocycles. The summed E-state index contributed by atoms with van der Waals surface area (Å²) in [6.45, 7) is 5.19. The number of aromatic nitrogens is 2. The number of nitrogens with zero attached hydrogens (tertiary/aromatic N) is 2. The van der Waals surface area contributed by atoms with E-state index in [4.69, 9.17) is 11.6 Å². The molecule has 2 heterocycles. The van der Waals surface area contributed by atoms with Gasteiger partial charge in [-0.15, -0.1) is 0 Å². The van der Waals surface area contributed by atoms with E-state index in [1.807, 2.05) is 26.0 Å². The van der Waals surface area contributed by atoms with Crippen LogP contribution in [0.4, 0.5) is 0 Å². The summed E-state index contributed by atoms with van der Waals surface area (Å²) in [4.78, 5) is 12.5. The molecule has 0 atom stereocenters. The molecule has 0 fully saturated rings. The van der Waals surface area contributed by atoms with Gasteiger partial charge in [0.2, 0.25) is 5.88 Å². The molecule has 5 heteroatoms. The van der Waals surface area contributed by atoms with Gasteiger partial charge in [0.15, 0.2) is 0 Å². The third-order valence-corrected chi connectivity index (χ3v) is 4.18. The van der Waals surface area contributed by atoms with Gasteiger partial charge in [0.25, 0.3) is 5.56 Å². The Bertz CT molecular complexity index is 720. The zero-order valence-corrected chi connectivity index (χ0v) is 12.4. The molecule has 0 unspecified atom stereocenters. The zero-order chi connectivity index (χ0) is 14.4. The summed E-state index contributed by atoms with van der Waals surface area (Å²) in [5.41, 5.74) is 2.77. The average molecular weight is 293 g/mol. The van der Waals surface area contributed by atoms with Gasteiger partial charge < -0.3 is 5.11 Å². The van der Waals surface area contributed by atoms with Crippen molar-refractivity contribution in [2.75, 3.05) is 0 Å². The van der Waals surface area contributed by atoms with Crippen LogP contribution in [0.15, 0.2) is 16.9 Å². The first-order valence-corrected chi connectivity index (χ1v) is 7.18. The van der Waals surface area contributed by atoms with E-state index in [1.165, 1.54) is 0 Å². The Hall–Kier alpha value is -1.68. The lowest BCUT2D eigenvalue weighted by atomic mass is 10.0. The third-order valence-electron chi connectivity index (χ3n) is 3.88. The highest BCUT2D eigenvalue weighted by Gasteiger charge is 2.25. The fourth-order valence-corrected chi connectivity index (χ4v) is 3.42. The molecule has 0 amide bonds. The van der Waals surface area contributed by atoms with Crippen molar-refractivity contribution >= 4 is 11.6 Å². The zero-order valence-electron chi connectivity index (χ0n) is 11.6. The molecule has 1 aromatic carbocycles. The minimum absolute atomic E-state index is 0.0311. The molecule has 0 saturated carbocycles. The highest BCUT2D eigenvalue weighted by molar-refractivity contribution is 6.33. The van der Waals surface area contributed by atoms with Crippen LogP contribution in [0.1, 0.15) is 24.0 Å². The van der Waals surface area contributed by atoms with E-state index < -0.39 is 0 Å². The van der Waals surface area contributed by atoms with Crippen molar-refractivity contribution in [2.24, 2.45) is 0 Å². The van der Waals surface area contributed by atoms with Crippen molar-refractivity contribution in [2.45, 2.75) is 39.8 Å². The lowest BCUT2D eigenvalue weighted by molar-refractivity contribution is 0.305. The Kier molecular flexibility index (Phi) is 3.13. The fraction of sp³-hybridized carbons (Fsp3) is 0.400. The number of hydrogen-bond acceptors (Lipinski definition) is 2. The van der Waals surface area contributed by atoms with Gasteiger partial charge in [-0.3, -0.25) is 9.48 Å². The van der Waals surface area contributed by atoms with Crippen LogP contribution in [0.25, 0.3) is 11.1 Å². The monoisotopic (exact) mass is 292 g/mol. The number of aryl methyl sites for hydroxylation is 2. The molecule has 20 heavy (non-hydrogen) atoms. The van der Waals surface area contributed by atoms with Crippen molar-refractivity contribution in [1.29, 1.82) is 0 Å². The summed E-state index contributed by atoms with van der Waals surface area (Å²) in [6, 6.07) is 3.80. The number of fused-ring (bicyclic) bond motifs is 1. The average Bonchev–Trinajstić information content (AvgIpc) is 2.64. The van der Waals surface area contributed by atoms with Crippen LogP contribution < -0.4 is 5.56 Å². The smallest absolute Gasteiger partial charge is 0.278 e. The second-order valence-corrected chi connectivity index (χ2v) is 5.80. The summed E-state index contributed by atoms with van der Waals surface area (Å²) < 4.78 is 3.28. The van der Waals surface area contributed by atoms with Crippen molar-refractivity contribution in [3.05, 3.63) is 38.6 Å². The van der Waals surface area contributed by atoms with Crippen molar-refractivity contribution < 1.29 is 5.11 Å². The van der Waals surface area contributed by atoms with E-state index in [0.717, 1.165) is 24.0 Å². The number of halogens is 1. The van der Waals surface area contributed by atoms with Gasteiger partial charge in [-0.25, -0.2) is 4.68 Å². The van der Waals surface area contributed by atoms with Gasteiger partial charge in [0.1, 0.15) is 5.56 Å². The van der Waals surface area contributed by atoms with E-state index in [1.54, 1.807) is 9.36 Å². The molecule has 3 rings (SSSR count). The first-order valence-electron chi connectivity index (χ1n) is 6.80. The molecular formula is C15H17ClN2O2. The molecule has 0 aliphatic carbocycles. The van der Waals surface area contributed by atoms with Gasteiger partial charge in [0, 0.05) is 23.7 Å². The molecule has 4 nitrogen and oxygen atoms in total. The lowest BCUT2D eigenvalue weighted by Gasteiger charge is -2.16. The molecule has 0 bridgehead atoms. The number of hydrogen-bond donors (Lipinski definition) is 1. The highest BCUT2D eigenvalue weighted by Crippen LogP contribution is 2.36. The Morgan fingerprint density at radius 3 is 2.35 bits per heavy atom. The first-order chi connectivity index (χ1) is 9.50. The molecule has 106 valence electrons. The summed E-state index contributed by atoms with van der Waals surface area (Å²) in [7, 11) is 0. The maximum atomic E-state index is 12.5. The Balaban J connectivity index is 2.32. The van der Waals surface area contributed by atoms with E-state index in [-0.39, 0.29) is 11.4 Å². The first kappa shape index (κ1) is 13.3. The van der Waals surface area contributed by atoms with E-state index in [2.05, 4.69) is 0 Å². The molecule has 2 aromatic rings. The number of benzene rings is 1. The highest BCUT2D eigenvalue weighted by atomic mass is 35.5. The standard InChI is InChI=1S/C15H17ClN2O2/c1-9-7-10(2)12(11(16)8-9)13-14(19)17-5-3-4-6-18(17)15(13)20/h7-8,19H,3-6H2,1-2H3. The van der Waals surface area contributed by atoms with Gasteiger partial charge in [-0.1, -0.05) is 17.7 Å². The predicted octanol–water partition coefficient (Wildman–Crippen LogP) is 3.09. The van der Waals surface area contributed by atoms with Crippen LogP contribution in [0.5, 0.6) is 5.88 Å². The van der Waals surface area contributed by atoms with Crippen LogP contribution in [0.3, 0.4) is 0 Å². The summed E-state index contributed by atoms with van der Waals surface area (Å²) in [5, 5.41) is 10.9. The molecule has 1 aromatic heterocycles. The second kappa shape index (κ2) is 4.70. The molecule has 0 spiro atoms. The molecular weight excluding hydrogens is 276 g/mol. The van der Waals surface area contributed by atoms with E-state index in [0.29, 0.717) is 29.2 Å². The van der Waals surface area contributed by atoms with Gasteiger partial charge >= 0.3 is 0 Å². The van der Waals surface area contributed by atoms with Crippen LogP contribution in [0.2, 0.25) is 5.02 Å². The van der Waals surface area contributed by atoms with Gasteiger partial charge in [0.05, 0.1) is 0 Å². The second-order valence-electron chi connectivity index (χ2n) is 5.40. The van der Waals surface area contributed by atoms with Crippen LogP contribution in [0, 0.1) is 13.8 Å². The number of aromatic hydroxyl groups is 1. The van der Waals surface area contributed by atoms with Crippen molar-refractivity contribution in [3.63, 3.8) is 0 Å². The Labute approximate surface area is 122 Å². The van der Waals surface area contributed by atoms with Crippen molar-refractivity contribution in [3.8, 4) is 17.0 Å². The summed E-state index contributed by atoms with van der Waals surface area (Å²) >= 11 is 6.31. The minimum Gasteiger partial charge on any atom is -0.493 e.